The Labute approximate surface area is 109 Å². The molecule has 0 bridgehead atoms. The van der Waals surface area contributed by atoms with Crippen molar-refractivity contribution in [2.24, 2.45) is 5.41 Å². The van der Waals surface area contributed by atoms with Gasteiger partial charge in [0.1, 0.15) is 6.10 Å². The number of hydrogen-bond donors (Lipinski definition) is 1. The van der Waals surface area contributed by atoms with Crippen molar-refractivity contribution in [3.63, 3.8) is 0 Å². The summed E-state index contributed by atoms with van der Waals surface area (Å²) in [6.45, 7) is 7.84. The van der Waals surface area contributed by atoms with Gasteiger partial charge >= 0.3 is 0 Å². The number of carbonyl (C=O) groups is 1. The van der Waals surface area contributed by atoms with Crippen LogP contribution in [0.5, 0.6) is 0 Å². The first-order valence-corrected chi connectivity index (χ1v) is 6.48. The topological polar surface area (TPSA) is 41.6 Å². The van der Waals surface area contributed by atoms with E-state index in [4.69, 9.17) is 4.74 Å². The van der Waals surface area contributed by atoms with Crippen LogP contribution >= 0.6 is 0 Å². The number of nitrogens with one attached hydrogen (secondary N) is 1. The van der Waals surface area contributed by atoms with Crippen molar-refractivity contribution >= 4 is 11.6 Å². The molecule has 0 aliphatic carbocycles. The van der Waals surface area contributed by atoms with Gasteiger partial charge in [-0.15, -0.1) is 0 Å². The molecule has 18 heavy (non-hydrogen) atoms. The van der Waals surface area contributed by atoms with Gasteiger partial charge in [-0.2, -0.15) is 0 Å². The molecule has 2 rings (SSSR count). The Balaban J connectivity index is 1.98. The van der Waals surface area contributed by atoms with Gasteiger partial charge in [0.25, 0.3) is 0 Å². The van der Waals surface area contributed by atoms with E-state index in [1.165, 1.54) is 5.56 Å². The lowest BCUT2D eigenvalue weighted by atomic mass is 9.95. The van der Waals surface area contributed by atoms with Gasteiger partial charge in [-0.25, -0.2) is 0 Å². The summed E-state index contributed by atoms with van der Waals surface area (Å²) in [5, 5.41) is 2.91. The molecule has 1 aliphatic rings. The lowest BCUT2D eigenvalue weighted by Gasteiger charge is -2.17. The van der Waals surface area contributed by atoms with Gasteiger partial charge in [0, 0.05) is 11.1 Å². The minimum absolute atomic E-state index is 0.0318. The number of hydrogen-bond acceptors (Lipinski definition) is 2. The van der Waals surface area contributed by atoms with Crippen molar-refractivity contribution in [1.82, 2.24) is 0 Å². The first-order valence-electron chi connectivity index (χ1n) is 6.48. The molecular formula is C15H21NO2. The van der Waals surface area contributed by atoms with Gasteiger partial charge in [0.2, 0.25) is 5.91 Å². The predicted molar refractivity (Wildman–Crippen MR) is 72.4 cm³/mol. The molecule has 1 aromatic carbocycles. The van der Waals surface area contributed by atoms with Gasteiger partial charge in [-0.1, -0.05) is 39.8 Å². The molecule has 1 fully saturated rings. The van der Waals surface area contributed by atoms with E-state index in [1.54, 1.807) is 0 Å². The zero-order valence-corrected chi connectivity index (χ0v) is 11.5. The van der Waals surface area contributed by atoms with Gasteiger partial charge in [0.05, 0.1) is 6.10 Å². The van der Waals surface area contributed by atoms with Crippen molar-refractivity contribution < 1.29 is 9.53 Å². The summed E-state index contributed by atoms with van der Waals surface area (Å²) >= 11 is 0. The average molecular weight is 247 g/mol. The van der Waals surface area contributed by atoms with Gasteiger partial charge in [-0.3, -0.25) is 4.79 Å². The van der Waals surface area contributed by atoms with E-state index in [-0.39, 0.29) is 17.4 Å². The van der Waals surface area contributed by atoms with Crippen molar-refractivity contribution in [2.45, 2.75) is 46.3 Å². The molecule has 1 amide bonds. The standard InChI is InChI=1S/C15H21NO2/c1-5-12-13(18-12)10-6-8-11(9-7-10)16-14(17)15(2,3)4/h6-9,12-13H,5H2,1-4H3,(H,16,17). The normalized spacial score (nSPS) is 22.7. The van der Waals surface area contributed by atoms with Gasteiger partial charge < -0.3 is 10.1 Å². The summed E-state index contributed by atoms with van der Waals surface area (Å²) in [6.07, 6.45) is 1.68. The zero-order valence-electron chi connectivity index (χ0n) is 11.5. The fraction of sp³-hybridized carbons (Fsp3) is 0.533. The maximum Gasteiger partial charge on any atom is 0.229 e. The molecule has 3 heteroatoms. The number of carbonyl (C=O) groups excluding carboxylic acids is 1. The molecule has 1 N–H and O–H groups in total. The lowest BCUT2D eigenvalue weighted by molar-refractivity contribution is -0.123. The van der Waals surface area contributed by atoms with Crippen LogP contribution in [-0.4, -0.2) is 12.0 Å². The van der Waals surface area contributed by atoms with Crippen LogP contribution < -0.4 is 5.32 Å². The molecule has 0 radical (unpaired) electrons. The highest BCUT2D eigenvalue weighted by atomic mass is 16.6. The van der Waals surface area contributed by atoms with Crippen molar-refractivity contribution in [3.8, 4) is 0 Å². The molecule has 2 unspecified atom stereocenters. The van der Waals surface area contributed by atoms with E-state index < -0.39 is 0 Å². The Morgan fingerprint density at radius 3 is 2.33 bits per heavy atom. The fourth-order valence-electron chi connectivity index (χ4n) is 1.82. The Hall–Kier alpha value is -1.35. The molecular weight excluding hydrogens is 226 g/mol. The fourth-order valence-corrected chi connectivity index (χ4v) is 1.82. The highest BCUT2D eigenvalue weighted by Gasteiger charge is 2.38. The van der Waals surface area contributed by atoms with E-state index in [2.05, 4.69) is 12.2 Å². The van der Waals surface area contributed by atoms with Gasteiger partial charge in [-0.05, 0) is 24.1 Å². The summed E-state index contributed by atoms with van der Waals surface area (Å²) in [4.78, 5) is 11.8. The smallest absolute Gasteiger partial charge is 0.229 e. The van der Waals surface area contributed by atoms with Crippen LogP contribution in [0.1, 0.15) is 45.8 Å². The highest BCUT2D eigenvalue weighted by Crippen LogP contribution is 2.40. The SMILES string of the molecule is CCC1OC1c1ccc(NC(=O)C(C)(C)C)cc1. The second kappa shape index (κ2) is 4.73. The third-order valence-corrected chi connectivity index (χ3v) is 3.16. The maximum absolute atomic E-state index is 11.8. The Morgan fingerprint density at radius 2 is 1.89 bits per heavy atom. The molecule has 2 atom stereocenters. The third-order valence-electron chi connectivity index (χ3n) is 3.16. The molecule has 0 saturated carbocycles. The first-order chi connectivity index (χ1) is 8.41. The molecule has 1 aliphatic heterocycles. The van der Waals surface area contributed by atoms with Crippen LogP contribution in [0, 0.1) is 5.41 Å². The summed E-state index contributed by atoms with van der Waals surface area (Å²) in [7, 11) is 0. The van der Waals surface area contributed by atoms with Crippen LogP contribution in [0.25, 0.3) is 0 Å². The quantitative estimate of drug-likeness (QED) is 0.830. The molecule has 0 spiro atoms. The number of anilines is 1. The number of epoxide rings is 1. The zero-order chi connectivity index (χ0) is 13.3. The molecule has 1 saturated heterocycles. The minimum Gasteiger partial charge on any atom is -0.365 e. The average Bonchev–Trinajstić information content (AvgIpc) is 3.08. The molecule has 98 valence electrons. The number of amides is 1. The van der Waals surface area contributed by atoms with Crippen LogP contribution in [0.4, 0.5) is 5.69 Å². The Bertz CT molecular complexity index is 431. The molecule has 3 nitrogen and oxygen atoms in total. The van der Waals surface area contributed by atoms with Gasteiger partial charge in [0.15, 0.2) is 0 Å². The van der Waals surface area contributed by atoms with E-state index in [1.807, 2.05) is 45.0 Å². The first kappa shape index (κ1) is 13.1. The summed E-state index contributed by atoms with van der Waals surface area (Å²) in [5.74, 6) is 0.0318. The second-order valence-corrected chi connectivity index (χ2v) is 5.83. The number of rotatable bonds is 3. The lowest BCUT2D eigenvalue weighted by Crippen LogP contribution is -2.27. The number of ether oxygens (including phenoxy) is 1. The Morgan fingerprint density at radius 1 is 1.28 bits per heavy atom. The maximum atomic E-state index is 11.8. The van der Waals surface area contributed by atoms with Crippen molar-refractivity contribution in [2.75, 3.05) is 5.32 Å². The van der Waals surface area contributed by atoms with Crippen molar-refractivity contribution in [1.29, 1.82) is 0 Å². The van der Waals surface area contributed by atoms with Crippen LogP contribution in [0.15, 0.2) is 24.3 Å². The van der Waals surface area contributed by atoms with Crippen molar-refractivity contribution in [3.05, 3.63) is 29.8 Å². The van der Waals surface area contributed by atoms with Crippen LogP contribution in [0.2, 0.25) is 0 Å². The van der Waals surface area contributed by atoms with E-state index >= 15 is 0 Å². The van der Waals surface area contributed by atoms with E-state index in [9.17, 15) is 4.79 Å². The third kappa shape index (κ3) is 2.91. The largest absolute Gasteiger partial charge is 0.365 e. The Kier molecular flexibility index (Phi) is 3.44. The van der Waals surface area contributed by atoms with E-state index in [0.717, 1.165) is 12.1 Å². The minimum atomic E-state index is -0.369. The van der Waals surface area contributed by atoms with Crippen LogP contribution in [0.3, 0.4) is 0 Å². The van der Waals surface area contributed by atoms with Crippen LogP contribution in [-0.2, 0) is 9.53 Å². The summed E-state index contributed by atoms with van der Waals surface area (Å²) in [5.41, 5.74) is 1.66. The number of benzene rings is 1. The highest BCUT2D eigenvalue weighted by molar-refractivity contribution is 5.94. The molecule has 1 heterocycles. The molecule has 1 aromatic rings. The summed E-state index contributed by atoms with van der Waals surface area (Å²) < 4.78 is 5.54. The molecule has 0 aromatic heterocycles. The van der Waals surface area contributed by atoms with E-state index in [0.29, 0.717) is 6.10 Å². The monoisotopic (exact) mass is 247 g/mol. The predicted octanol–water partition coefficient (Wildman–Crippen LogP) is 3.52. The second-order valence-electron chi connectivity index (χ2n) is 5.83. The summed E-state index contributed by atoms with van der Waals surface area (Å²) in [6, 6.07) is 7.93.